The first-order valence-electron chi connectivity index (χ1n) is 3.81. The maximum Gasteiger partial charge on any atom is 0.223 e. The van der Waals surface area contributed by atoms with Gasteiger partial charge < -0.3 is 0 Å². The minimum Gasteiger partial charge on any atom is -0.240 e. The average Bonchev–Trinajstić information content (AvgIpc) is 2.47. The van der Waals surface area contributed by atoms with Gasteiger partial charge >= 0.3 is 0 Å². The predicted molar refractivity (Wildman–Crippen MR) is 43.5 cm³/mol. The highest BCUT2D eigenvalue weighted by molar-refractivity contribution is 5.68. The van der Waals surface area contributed by atoms with Crippen molar-refractivity contribution in [2.45, 2.75) is 19.9 Å². The highest BCUT2D eigenvalue weighted by Gasteiger charge is 2.06. The summed E-state index contributed by atoms with van der Waals surface area (Å²) >= 11 is 0. The van der Waals surface area contributed by atoms with Crippen molar-refractivity contribution in [1.29, 1.82) is 0 Å². The first kappa shape index (κ1) is 7.15. The van der Waals surface area contributed by atoms with Gasteiger partial charge in [-0.05, 0) is 19.9 Å². The van der Waals surface area contributed by atoms with Crippen molar-refractivity contribution >= 4 is 11.2 Å². The van der Waals surface area contributed by atoms with E-state index < -0.39 is 0 Å². The van der Waals surface area contributed by atoms with Crippen LogP contribution in [-0.2, 0) is 0 Å². The lowest BCUT2D eigenvalue weighted by molar-refractivity contribution is 0.530. The summed E-state index contributed by atoms with van der Waals surface area (Å²) in [7, 11) is 0. The van der Waals surface area contributed by atoms with Gasteiger partial charge in [-0.25, -0.2) is 4.68 Å². The lowest BCUT2D eigenvalue weighted by Gasteiger charge is -2.03. The van der Waals surface area contributed by atoms with Crippen LogP contribution in [0.25, 0.3) is 11.2 Å². The van der Waals surface area contributed by atoms with Crippen molar-refractivity contribution in [3.63, 3.8) is 0 Å². The molecular weight excluding hydrogens is 154 g/mol. The largest absolute Gasteiger partial charge is 0.240 e. The van der Waals surface area contributed by atoms with Crippen LogP contribution < -0.4 is 0 Å². The molecule has 0 radical (unpaired) electrons. The van der Waals surface area contributed by atoms with E-state index in [9.17, 15) is 0 Å². The summed E-state index contributed by atoms with van der Waals surface area (Å²) in [6.45, 7) is 4.10. The van der Waals surface area contributed by atoms with Crippen molar-refractivity contribution in [2.24, 2.45) is 0 Å². The van der Waals surface area contributed by atoms with Gasteiger partial charge in [0.25, 0.3) is 0 Å². The van der Waals surface area contributed by atoms with Crippen molar-refractivity contribution in [3.05, 3.63) is 12.3 Å². The van der Waals surface area contributed by atoms with Crippen LogP contribution >= 0.6 is 0 Å². The molecule has 0 saturated carbocycles. The third-order valence-electron chi connectivity index (χ3n) is 1.65. The van der Waals surface area contributed by atoms with E-state index >= 15 is 0 Å². The maximum atomic E-state index is 3.96. The highest BCUT2D eigenvalue weighted by Crippen LogP contribution is 2.10. The SMILES string of the molecule is CC(C)n1nnc2nnccc21. The van der Waals surface area contributed by atoms with Gasteiger partial charge in [0.05, 0.1) is 6.20 Å². The second-order valence-electron chi connectivity index (χ2n) is 2.87. The van der Waals surface area contributed by atoms with Crippen molar-refractivity contribution in [1.82, 2.24) is 25.2 Å². The van der Waals surface area contributed by atoms with Gasteiger partial charge in [0, 0.05) is 6.04 Å². The number of hydrogen-bond donors (Lipinski definition) is 0. The van der Waals surface area contributed by atoms with Gasteiger partial charge in [-0.2, -0.15) is 5.10 Å². The van der Waals surface area contributed by atoms with E-state index in [1.165, 1.54) is 0 Å². The van der Waals surface area contributed by atoms with Crippen molar-refractivity contribution in [3.8, 4) is 0 Å². The van der Waals surface area contributed by atoms with Crippen LogP contribution in [0.5, 0.6) is 0 Å². The topological polar surface area (TPSA) is 56.5 Å². The fourth-order valence-electron chi connectivity index (χ4n) is 1.09. The van der Waals surface area contributed by atoms with Crippen LogP contribution in [0.3, 0.4) is 0 Å². The van der Waals surface area contributed by atoms with E-state index in [1.54, 1.807) is 6.20 Å². The van der Waals surface area contributed by atoms with Crippen LogP contribution in [0.15, 0.2) is 12.3 Å². The van der Waals surface area contributed by atoms with Crippen LogP contribution in [-0.4, -0.2) is 25.2 Å². The Kier molecular flexibility index (Phi) is 1.49. The standard InChI is InChI=1S/C7H9N5/c1-5(2)12-6-3-4-8-9-7(6)10-11-12/h3-5H,1-2H3. The monoisotopic (exact) mass is 163 g/mol. The molecule has 2 aromatic rings. The summed E-state index contributed by atoms with van der Waals surface area (Å²) in [5, 5.41) is 15.4. The molecule has 0 amide bonds. The third kappa shape index (κ3) is 0.939. The molecule has 0 aliphatic rings. The van der Waals surface area contributed by atoms with Gasteiger partial charge in [-0.3, -0.25) is 0 Å². The molecule has 0 saturated heterocycles. The van der Waals surface area contributed by atoms with Crippen LogP contribution in [0.1, 0.15) is 19.9 Å². The Morgan fingerprint density at radius 1 is 1.33 bits per heavy atom. The zero-order chi connectivity index (χ0) is 8.55. The molecule has 0 aliphatic heterocycles. The van der Waals surface area contributed by atoms with Gasteiger partial charge in [-0.15, -0.1) is 10.2 Å². The van der Waals surface area contributed by atoms with Crippen molar-refractivity contribution in [2.75, 3.05) is 0 Å². The first-order valence-corrected chi connectivity index (χ1v) is 3.81. The second-order valence-corrected chi connectivity index (χ2v) is 2.87. The molecule has 0 bridgehead atoms. The normalized spacial score (nSPS) is 11.2. The molecule has 62 valence electrons. The fraction of sp³-hybridized carbons (Fsp3) is 0.429. The lowest BCUT2D eigenvalue weighted by Crippen LogP contribution is -2.02. The zero-order valence-corrected chi connectivity index (χ0v) is 6.97. The molecule has 5 heteroatoms. The van der Waals surface area contributed by atoms with Crippen LogP contribution in [0, 0.1) is 0 Å². The molecule has 0 N–H and O–H groups in total. The van der Waals surface area contributed by atoms with E-state index in [2.05, 4.69) is 34.4 Å². The minimum atomic E-state index is 0.305. The summed E-state index contributed by atoms with van der Waals surface area (Å²) in [6, 6.07) is 2.17. The van der Waals surface area contributed by atoms with Crippen LogP contribution in [0.4, 0.5) is 0 Å². The van der Waals surface area contributed by atoms with E-state index in [4.69, 9.17) is 0 Å². The minimum absolute atomic E-state index is 0.305. The van der Waals surface area contributed by atoms with Gasteiger partial charge in [-0.1, -0.05) is 5.21 Å². The maximum absolute atomic E-state index is 3.96. The summed E-state index contributed by atoms with van der Waals surface area (Å²) in [5.74, 6) is 0. The smallest absolute Gasteiger partial charge is 0.223 e. The van der Waals surface area contributed by atoms with Gasteiger partial charge in [0.1, 0.15) is 5.52 Å². The number of rotatable bonds is 1. The average molecular weight is 163 g/mol. The molecule has 5 nitrogen and oxygen atoms in total. The van der Waals surface area contributed by atoms with E-state index in [1.807, 2.05) is 10.7 Å². The Labute approximate surface area is 69.4 Å². The summed E-state index contributed by atoms with van der Waals surface area (Å²) in [4.78, 5) is 0. The van der Waals surface area contributed by atoms with E-state index in [0.29, 0.717) is 11.7 Å². The quantitative estimate of drug-likeness (QED) is 0.624. The second kappa shape index (κ2) is 2.51. The van der Waals surface area contributed by atoms with Gasteiger partial charge in [0.15, 0.2) is 0 Å². The Balaban J connectivity index is 2.70. The first-order chi connectivity index (χ1) is 5.79. The van der Waals surface area contributed by atoms with E-state index in [-0.39, 0.29) is 0 Å². The summed E-state index contributed by atoms with van der Waals surface area (Å²) < 4.78 is 1.82. The predicted octanol–water partition coefficient (Wildman–Crippen LogP) is 0.802. The van der Waals surface area contributed by atoms with Crippen molar-refractivity contribution < 1.29 is 0 Å². The number of aromatic nitrogens is 5. The summed E-state index contributed by atoms with van der Waals surface area (Å²) in [6.07, 6.45) is 1.64. The highest BCUT2D eigenvalue weighted by atomic mass is 15.5. The molecule has 2 rings (SSSR count). The molecule has 2 aromatic heterocycles. The Hall–Kier alpha value is -1.52. The van der Waals surface area contributed by atoms with Crippen LogP contribution in [0.2, 0.25) is 0 Å². The lowest BCUT2D eigenvalue weighted by atomic mass is 10.4. The molecule has 0 aliphatic carbocycles. The number of nitrogens with zero attached hydrogens (tertiary/aromatic N) is 5. The zero-order valence-electron chi connectivity index (χ0n) is 6.97. The molecular formula is C7H9N5. The fourth-order valence-corrected chi connectivity index (χ4v) is 1.09. The van der Waals surface area contributed by atoms with E-state index in [0.717, 1.165) is 5.52 Å². The molecule has 0 unspecified atom stereocenters. The number of hydrogen-bond acceptors (Lipinski definition) is 4. The van der Waals surface area contributed by atoms with Gasteiger partial charge in [0.2, 0.25) is 5.65 Å². The molecule has 0 atom stereocenters. The molecule has 12 heavy (non-hydrogen) atoms. The molecule has 2 heterocycles. The third-order valence-corrected chi connectivity index (χ3v) is 1.65. The Bertz CT molecular complexity index is 391. The Morgan fingerprint density at radius 3 is 2.92 bits per heavy atom. The molecule has 0 fully saturated rings. The molecule has 0 spiro atoms. The number of fused-ring (bicyclic) bond motifs is 1. The summed E-state index contributed by atoms with van der Waals surface area (Å²) in [5.41, 5.74) is 1.53. The Morgan fingerprint density at radius 2 is 2.17 bits per heavy atom. The molecule has 0 aromatic carbocycles.